The highest BCUT2D eigenvalue weighted by Gasteiger charge is 2.08. The first kappa shape index (κ1) is 14.6. The summed E-state index contributed by atoms with van der Waals surface area (Å²) in [6.07, 6.45) is 6.47. The molecule has 0 saturated carbocycles. The zero-order chi connectivity index (χ0) is 14.2. The highest BCUT2D eigenvalue weighted by molar-refractivity contribution is 5.73. The number of aryl methyl sites for hydroxylation is 1. The molecule has 1 heterocycles. The van der Waals surface area contributed by atoms with Gasteiger partial charge in [0.1, 0.15) is 5.82 Å². The molecule has 4 heteroatoms. The van der Waals surface area contributed by atoms with Gasteiger partial charge in [0, 0.05) is 17.8 Å². The van der Waals surface area contributed by atoms with Crippen molar-refractivity contribution in [3.8, 4) is 11.4 Å². The van der Waals surface area contributed by atoms with Crippen molar-refractivity contribution in [2.24, 2.45) is 0 Å². The lowest BCUT2D eigenvalue weighted by atomic mass is 10.1. The molecule has 0 bridgehead atoms. The van der Waals surface area contributed by atoms with Crippen LogP contribution in [-0.4, -0.2) is 21.7 Å². The number of hydrogen-bond donors (Lipinski definition) is 2. The van der Waals surface area contributed by atoms with Crippen LogP contribution in [0.4, 0.5) is 5.69 Å². The maximum Gasteiger partial charge on any atom is 0.183 e. The summed E-state index contributed by atoms with van der Waals surface area (Å²) < 4.78 is 0. The molecule has 20 heavy (non-hydrogen) atoms. The van der Waals surface area contributed by atoms with Crippen LogP contribution in [0.5, 0.6) is 0 Å². The van der Waals surface area contributed by atoms with E-state index in [-0.39, 0.29) is 0 Å². The second kappa shape index (κ2) is 7.68. The van der Waals surface area contributed by atoms with Crippen molar-refractivity contribution in [1.29, 1.82) is 0 Å². The summed E-state index contributed by atoms with van der Waals surface area (Å²) in [5.41, 5.74) is 2.17. The largest absolute Gasteiger partial charge is 0.384 e. The van der Waals surface area contributed by atoms with E-state index in [1.165, 1.54) is 32.1 Å². The van der Waals surface area contributed by atoms with Gasteiger partial charge in [0.15, 0.2) is 5.82 Å². The predicted octanol–water partition coefficient (Wildman–Crippen LogP) is 4.16. The predicted molar refractivity (Wildman–Crippen MR) is 83.8 cm³/mol. The second-order valence-corrected chi connectivity index (χ2v) is 5.13. The van der Waals surface area contributed by atoms with Crippen LogP contribution in [0.25, 0.3) is 11.4 Å². The number of para-hydroxylation sites is 1. The number of hydrogen-bond acceptors (Lipinski definition) is 3. The average Bonchev–Trinajstić information content (AvgIpc) is 2.89. The van der Waals surface area contributed by atoms with Crippen molar-refractivity contribution in [1.82, 2.24) is 15.2 Å². The molecule has 4 nitrogen and oxygen atoms in total. The number of aromatic nitrogens is 3. The molecular formula is C16H24N4. The van der Waals surface area contributed by atoms with Crippen molar-refractivity contribution in [2.45, 2.75) is 46.0 Å². The number of benzene rings is 1. The first-order valence-corrected chi connectivity index (χ1v) is 7.53. The number of nitrogens with zero attached hydrogens (tertiary/aromatic N) is 2. The van der Waals surface area contributed by atoms with E-state index < -0.39 is 0 Å². The number of anilines is 1. The van der Waals surface area contributed by atoms with Gasteiger partial charge in [0.25, 0.3) is 0 Å². The van der Waals surface area contributed by atoms with E-state index in [4.69, 9.17) is 0 Å². The first-order valence-electron chi connectivity index (χ1n) is 7.53. The molecule has 2 aromatic rings. The van der Waals surface area contributed by atoms with Gasteiger partial charge < -0.3 is 5.32 Å². The van der Waals surface area contributed by atoms with Gasteiger partial charge in [-0.1, -0.05) is 44.7 Å². The van der Waals surface area contributed by atoms with Gasteiger partial charge in [-0.15, -0.1) is 0 Å². The molecule has 0 amide bonds. The highest BCUT2D eigenvalue weighted by Crippen LogP contribution is 2.24. The molecule has 108 valence electrons. The zero-order valence-corrected chi connectivity index (χ0v) is 12.4. The molecule has 2 rings (SSSR count). The lowest BCUT2D eigenvalue weighted by molar-refractivity contribution is 0.645. The molecule has 0 spiro atoms. The summed E-state index contributed by atoms with van der Waals surface area (Å²) in [7, 11) is 0. The maximum atomic E-state index is 4.40. The normalized spacial score (nSPS) is 10.7. The van der Waals surface area contributed by atoms with Gasteiger partial charge in [-0.3, -0.25) is 5.10 Å². The second-order valence-electron chi connectivity index (χ2n) is 5.13. The Balaban J connectivity index is 1.91. The summed E-state index contributed by atoms with van der Waals surface area (Å²) in [5, 5.41) is 10.6. The Labute approximate surface area is 121 Å². The number of rotatable bonds is 8. The van der Waals surface area contributed by atoms with E-state index >= 15 is 0 Å². The van der Waals surface area contributed by atoms with Gasteiger partial charge in [-0.2, -0.15) is 5.10 Å². The standard InChI is InChI=1S/C16H24N4/c1-3-4-5-6-9-12-17-15-11-8-7-10-14(15)16-18-13(2)19-20-16/h7-8,10-11,17H,3-6,9,12H2,1-2H3,(H,18,19,20). The van der Waals surface area contributed by atoms with Gasteiger partial charge in [-0.25, -0.2) is 4.98 Å². The fourth-order valence-corrected chi connectivity index (χ4v) is 2.25. The Hall–Kier alpha value is -1.84. The maximum absolute atomic E-state index is 4.40. The summed E-state index contributed by atoms with van der Waals surface area (Å²) >= 11 is 0. The summed E-state index contributed by atoms with van der Waals surface area (Å²) in [4.78, 5) is 4.40. The molecule has 0 saturated heterocycles. The fourth-order valence-electron chi connectivity index (χ4n) is 2.25. The summed E-state index contributed by atoms with van der Waals surface area (Å²) in [6, 6.07) is 8.21. The Bertz CT molecular complexity index is 519. The minimum absolute atomic E-state index is 0.761. The topological polar surface area (TPSA) is 53.6 Å². The quantitative estimate of drug-likeness (QED) is 0.709. The molecule has 0 fully saturated rings. The smallest absolute Gasteiger partial charge is 0.183 e. The molecule has 1 aromatic heterocycles. The lowest BCUT2D eigenvalue weighted by Gasteiger charge is -2.09. The fraction of sp³-hybridized carbons (Fsp3) is 0.500. The Morgan fingerprint density at radius 1 is 1.10 bits per heavy atom. The van der Waals surface area contributed by atoms with E-state index in [0.29, 0.717) is 0 Å². The van der Waals surface area contributed by atoms with Crippen LogP contribution < -0.4 is 5.32 Å². The molecule has 0 radical (unpaired) electrons. The molecular weight excluding hydrogens is 248 g/mol. The monoisotopic (exact) mass is 272 g/mol. The first-order chi connectivity index (χ1) is 9.81. The molecule has 0 aliphatic rings. The van der Waals surface area contributed by atoms with Crippen LogP contribution in [0, 0.1) is 6.92 Å². The van der Waals surface area contributed by atoms with Crippen LogP contribution in [0.3, 0.4) is 0 Å². The molecule has 1 aromatic carbocycles. The number of unbranched alkanes of at least 4 members (excludes halogenated alkanes) is 4. The van der Waals surface area contributed by atoms with E-state index in [9.17, 15) is 0 Å². The van der Waals surface area contributed by atoms with Crippen LogP contribution in [0.1, 0.15) is 44.9 Å². The number of aromatic amines is 1. The van der Waals surface area contributed by atoms with Crippen LogP contribution in [0.2, 0.25) is 0 Å². The average molecular weight is 272 g/mol. The third kappa shape index (κ3) is 4.08. The van der Waals surface area contributed by atoms with Crippen LogP contribution in [0.15, 0.2) is 24.3 Å². The van der Waals surface area contributed by atoms with Crippen molar-refractivity contribution in [2.75, 3.05) is 11.9 Å². The summed E-state index contributed by atoms with van der Waals surface area (Å²) in [5.74, 6) is 1.60. The van der Waals surface area contributed by atoms with Gasteiger partial charge in [0.05, 0.1) is 0 Å². The number of nitrogens with one attached hydrogen (secondary N) is 2. The van der Waals surface area contributed by atoms with Gasteiger partial charge >= 0.3 is 0 Å². The van der Waals surface area contributed by atoms with Crippen molar-refractivity contribution in [3.63, 3.8) is 0 Å². The molecule has 0 unspecified atom stereocenters. The molecule has 2 N–H and O–H groups in total. The molecule has 0 atom stereocenters. The third-order valence-corrected chi connectivity index (χ3v) is 3.36. The molecule has 0 aliphatic carbocycles. The van der Waals surface area contributed by atoms with E-state index in [1.807, 2.05) is 19.1 Å². The van der Waals surface area contributed by atoms with Gasteiger partial charge in [0.2, 0.25) is 0 Å². The van der Waals surface area contributed by atoms with E-state index in [0.717, 1.165) is 29.4 Å². The molecule has 0 aliphatic heterocycles. The van der Waals surface area contributed by atoms with Crippen LogP contribution >= 0.6 is 0 Å². The lowest BCUT2D eigenvalue weighted by Crippen LogP contribution is -2.03. The van der Waals surface area contributed by atoms with Crippen molar-refractivity contribution >= 4 is 5.69 Å². The SMILES string of the molecule is CCCCCCCNc1ccccc1-c1n[nH]c(C)n1. The minimum atomic E-state index is 0.761. The van der Waals surface area contributed by atoms with Gasteiger partial charge in [-0.05, 0) is 25.5 Å². The Morgan fingerprint density at radius 3 is 2.65 bits per heavy atom. The van der Waals surface area contributed by atoms with Crippen molar-refractivity contribution < 1.29 is 0 Å². The Kier molecular flexibility index (Phi) is 5.59. The van der Waals surface area contributed by atoms with Crippen LogP contribution in [-0.2, 0) is 0 Å². The van der Waals surface area contributed by atoms with Crippen molar-refractivity contribution in [3.05, 3.63) is 30.1 Å². The van der Waals surface area contributed by atoms with E-state index in [1.54, 1.807) is 0 Å². The zero-order valence-electron chi connectivity index (χ0n) is 12.4. The third-order valence-electron chi connectivity index (χ3n) is 3.36. The number of H-pyrrole nitrogens is 1. The van der Waals surface area contributed by atoms with E-state index in [2.05, 4.69) is 39.6 Å². The summed E-state index contributed by atoms with van der Waals surface area (Å²) in [6.45, 7) is 5.16. The highest BCUT2D eigenvalue weighted by atomic mass is 15.2. The minimum Gasteiger partial charge on any atom is -0.384 e. The Morgan fingerprint density at radius 2 is 1.90 bits per heavy atom.